The molecule has 6 nitrogen and oxygen atoms in total. The molecule has 1 aliphatic heterocycles. The normalized spacial score (nSPS) is 19.5. The van der Waals surface area contributed by atoms with Gasteiger partial charge in [-0.25, -0.2) is 8.42 Å². The summed E-state index contributed by atoms with van der Waals surface area (Å²) in [6, 6.07) is 3.49. The summed E-state index contributed by atoms with van der Waals surface area (Å²) in [6.45, 7) is 8.51. The number of nitrogen functional groups attached to an aromatic ring is 1. The quantitative estimate of drug-likeness (QED) is 0.651. The minimum absolute atomic E-state index is 0.358. The van der Waals surface area contributed by atoms with Gasteiger partial charge in [0.2, 0.25) is 10.0 Å². The highest BCUT2D eigenvalue weighted by atomic mass is 32.2. The van der Waals surface area contributed by atoms with E-state index in [0.29, 0.717) is 41.5 Å². The number of anilines is 1. The highest BCUT2D eigenvalue weighted by Crippen LogP contribution is 2.32. The molecule has 118 valence electrons. The Kier molecular flexibility index (Phi) is 4.30. The molecule has 0 atom stereocenters. The fourth-order valence-electron chi connectivity index (χ4n) is 2.84. The van der Waals surface area contributed by atoms with Crippen molar-refractivity contribution in [3.05, 3.63) is 23.3 Å². The Hall–Kier alpha value is -1.15. The van der Waals surface area contributed by atoms with Crippen molar-refractivity contribution in [2.75, 3.05) is 25.2 Å². The molecular formula is C14H23N3O3S. The zero-order valence-electron chi connectivity index (χ0n) is 12.9. The van der Waals surface area contributed by atoms with Gasteiger partial charge >= 0.3 is 0 Å². The molecule has 21 heavy (non-hydrogen) atoms. The molecule has 2 rings (SSSR count). The van der Waals surface area contributed by atoms with E-state index >= 15 is 0 Å². The molecule has 3 N–H and O–H groups in total. The number of aryl methyl sites for hydroxylation is 2. The van der Waals surface area contributed by atoms with Crippen molar-refractivity contribution in [2.45, 2.75) is 38.1 Å². The summed E-state index contributed by atoms with van der Waals surface area (Å²) >= 11 is 0. The summed E-state index contributed by atoms with van der Waals surface area (Å²) in [6.07, 6.45) is 0. The molecule has 0 spiro atoms. The molecule has 0 bridgehead atoms. The molecule has 0 radical (unpaired) electrons. The number of hydrogen-bond donors (Lipinski definition) is 2. The molecule has 0 saturated carbocycles. The molecule has 1 aromatic carbocycles. The van der Waals surface area contributed by atoms with Crippen molar-refractivity contribution in [2.24, 2.45) is 5.84 Å². The van der Waals surface area contributed by atoms with Crippen LogP contribution < -0.4 is 11.3 Å². The van der Waals surface area contributed by atoms with Crippen LogP contribution in [0.5, 0.6) is 0 Å². The number of rotatable bonds is 3. The first-order valence-electron chi connectivity index (χ1n) is 6.88. The highest BCUT2D eigenvalue weighted by molar-refractivity contribution is 7.89. The maximum absolute atomic E-state index is 13.1. The number of hydrogen-bond acceptors (Lipinski definition) is 5. The maximum Gasteiger partial charge on any atom is 0.244 e. The zero-order valence-corrected chi connectivity index (χ0v) is 13.8. The Bertz CT molecular complexity index is 618. The molecular weight excluding hydrogens is 290 g/mol. The third-order valence-electron chi connectivity index (χ3n) is 3.74. The van der Waals surface area contributed by atoms with E-state index in [1.807, 2.05) is 13.8 Å². The van der Waals surface area contributed by atoms with Gasteiger partial charge in [-0.3, -0.25) is 5.84 Å². The molecule has 1 aliphatic rings. The number of benzene rings is 1. The van der Waals surface area contributed by atoms with E-state index in [1.165, 1.54) is 4.31 Å². The lowest BCUT2D eigenvalue weighted by molar-refractivity contribution is -0.00773. The molecule has 1 fully saturated rings. The molecule has 1 heterocycles. The lowest BCUT2D eigenvalue weighted by Crippen LogP contribution is -2.55. The molecule has 0 amide bonds. The van der Waals surface area contributed by atoms with Gasteiger partial charge in [0, 0.05) is 12.2 Å². The second-order valence-electron chi connectivity index (χ2n) is 6.03. The lowest BCUT2D eigenvalue weighted by atomic mass is 10.1. The van der Waals surface area contributed by atoms with E-state index < -0.39 is 15.6 Å². The number of nitrogens with two attached hydrogens (primary N) is 1. The fraction of sp³-hybridized carbons (Fsp3) is 0.571. The van der Waals surface area contributed by atoms with Crippen LogP contribution in [0.1, 0.15) is 25.0 Å². The summed E-state index contributed by atoms with van der Waals surface area (Å²) in [4.78, 5) is 0.358. The van der Waals surface area contributed by atoms with Crippen LogP contribution in [0.4, 0.5) is 5.69 Å². The van der Waals surface area contributed by atoms with E-state index in [-0.39, 0.29) is 0 Å². The SMILES string of the molecule is Cc1cc(NN)cc(C)c1S(=O)(=O)N1CCOCC1(C)C. The van der Waals surface area contributed by atoms with Gasteiger partial charge in [-0.1, -0.05) is 0 Å². The first-order valence-corrected chi connectivity index (χ1v) is 8.32. The molecule has 0 unspecified atom stereocenters. The van der Waals surface area contributed by atoms with Gasteiger partial charge in [0.05, 0.1) is 23.6 Å². The van der Waals surface area contributed by atoms with Gasteiger partial charge in [0.15, 0.2) is 0 Å². The Balaban J connectivity index is 2.54. The van der Waals surface area contributed by atoms with Crippen molar-refractivity contribution in [3.8, 4) is 0 Å². The van der Waals surface area contributed by atoms with Gasteiger partial charge < -0.3 is 10.2 Å². The first-order chi connectivity index (χ1) is 9.70. The van der Waals surface area contributed by atoms with Gasteiger partial charge in [-0.2, -0.15) is 4.31 Å². The molecule has 0 aliphatic carbocycles. The van der Waals surface area contributed by atoms with Crippen molar-refractivity contribution >= 4 is 15.7 Å². The van der Waals surface area contributed by atoms with Crippen molar-refractivity contribution < 1.29 is 13.2 Å². The summed E-state index contributed by atoms with van der Waals surface area (Å²) in [5.41, 5.74) is 4.07. The molecule has 0 aromatic heterocycles. The zero-order chi connectivity index (χ0) is 15.8. The first kappa shape index (κ1) is 16.2. The van der Waals surface area contributed by atoms with Gasteiger partial charge in [-0.05, 0) is 51.0 Å². The lowest BCUT2D eigenvalue weighted by Gasteiger charge is -2.41. The van der Waals surface area contributed by atoms with Crippen LogP contribution in [-0.2, 0) is 14.8 Å². The average Bonchev–Trinajstić information content (AvgIpc) is 2.36. The summed E-state index contributed by atoms with van der Waals surface area (Å²) in [5.74, 6) is 5.41. The predicted molar refractivity (Wildman–Crippen MR) is 82.5 cm³/mol. The van der Waals surface area contributed by atoms with Crippen LogP contribution in [0.3, 0.4) is 0 Å². The van der Waals surface area contributed by atoms with Crippen LogP contribution in [0.15, 0.2) is 17.0 Å². The minimum atomic E-state index is -3.57. The fourth-order valence-corrected chi connectivity index (χ4v) is 5.01. The Morgan fingerprint density at radius 1 is 1.29 bits per heavy atom. The second-order valence-corrected chi connectivity index (χ2v) is 7.82. The maximum atomic E-state index is 13.1. The van der Waals surface area contributed by atoms with Crippen molar-refractivity contribution in [3.63, 3.8) is 0 Å². The van der Waals surface area contributed by atoms with Crippen molar-refractivity contribution in [1.29, 1.82) is 0 Å². The minimum Gasteiger partial charge on any atom is -0.378 e. The monoisotopic (exact) mass is 313 g/mol. The number of nitrogens with one attached hydrogen (secondary N) is 1. The molecule has 1 aromatic rings. The summed E-state index contributed by atoms with van der Waals surface area (Å²) in [5, 5.41) is 0. The highest BCUT2D eigenvalue weighted by Gasteiger charge is 2.40. The van der Waals surface area contributed by atoms with Crippen LogP contribution in [0, 0.1) is 13.8 Å². The van der Waals surface area contributed by atoms with Crippen molar-refractivity contribution in [1.82, 2.24) is 4.31 Å². The smallest absolute Gasteiger partial charge is 0.244 e. The van der Waals surface area contributed by atoms with E-state index in [0.717, 1.165) is 0 Å². The van der Waals surface area contributed by atoms with Gasteiger partial charge in [0.1, 0.15) is 0 Å². The molecule has 7 heteroatoms. The number of nitrogens with zero attached hydrogens (tertiary/aromatic N) is 1. The average molecular weight is 313 g/mol. The third-order valence-corrected chi connectivity index (χ3v) is 6.16. The van der Waals surface area contributed by atoms with Gasteiger partial charge in [0.25, 0.3) is 0 Å². The number of sulfonamides is 1. The Morgan fingerprint density at radius 2 is 1.86 bits per heavy atom. The second kappa shape index (κ2) is 5.57. The predicted octanol–water partition coefficient (Wildman–Crippen LogP) is 1.39. The summed E-state index contributed by atoms with van der Waals surface area (Å²) in [7, 11) is -3.57. The van der Waals surface area contributed by atoms with Crippen LogP contribution >= 0.6 is 0 Å². The summed E-state index contributed by atoms with van der Waals surface area (Å²) < 4.78 is 33.1. The van der Waals surface area contributed by atoms with Crippen LogP contribution in [-0.4, -0.2) is 38.0 Å². The Morgan fingerprint density at radius 3 is 2.33 bits per heavy atom. The standard InChI is InChI=1S/C14H23N3O3S/c1-10-7-12(16-15)8-11(2)13(10)21(18,19)17-5-6-20-9-14(17,3)4/h7-8,16H,5-6,9,15H2,1-4H3. The topological polar surface area (TPSA) is 84.7 Å². The van der Waals surface area contributed by atoms with E-state index in [2.05, 4.69) is 5.43 Å². The van der Waals surface area contributed by atoms with Gasteiger partial charge in [-0.15, -0.1) is 0 Å². The number of hydrazine groups is 1. The van der Waals surface area contributed by atoms with Crippen LogP contribution in [0.2, 0.25) is 0 Å². The van der Waals surface area contributed by atoms with Crippen LogP contribution in [0.25, 0.3) is 0 Å². The third kappa shape index (κ3) is 2.91. The van der Waals surface area contributed by atoms with E-state index in [4.69, 9.17) is 10.6 Å². The number of morpholine rings is 1. The largest absolute Gasteiger partial charge is 0.378 e. The van der Waals surface area contributed by atoms with E-state index in [1.54, 1.807) is 26.0 Å². The van der Waals surface area contributed by atoms with E-state index in [9.17, 15) is 8.42 Å². The Labute approximate surface area is 126 Å². The molecule has 1 saturated heterocycles. The number of ether oxygens (including phenoxy) is 1.